The summed E-state index contributed by atoms with van der Waals surface area (Å²) < 4.78 is 0. The zero-order valence-electron chi connectivity index (χ0n) is 12.1. The van der Waals surface area contributed by atoms with Crippen molar-refractivity contribution in [3.8, 4) is 0 Å². The molecule has 1 saturated heterocycles. The lowest BCUT2D eigenvalue weighted by molar-refractivity contribution is -0.116. The van der Waals surface area contributed by atoms with Crippen LogP contribution in [-0.4, -0.2) is 44.0 Å². The van der Waals surface area contributed by atoms with Crippen LogP contribution in [0.1, 0.15) is 24.4 Å². The van der Waals surface area contributed by atoms with E-state index in [1.165, 1.54) is 12.8 Å². The van der Waals surface area contributed by atoms with E-state index in [0.717, 1.165) is 30.0 Å². The molecule has 0 aromatic heterocycles. The summed E-state index contributed by atoms with van der Waals surface area (Å²) in [6.45, 7) is 2.28. The summed E-state index contributed by atoms with van der Waals surface area (Å²) in [7, 11) is 4.30. The van der Waals surface area contributed by atoms with Crippen LogP contribution in [0, 0.1) is 0 Å². The average Bonchev–Trinajstić information content (AvgIpc) is 2.74. The molecule has 1 amide bonds. The number of hydrogen-bond donors (Lipinski definition) is 2. The van der Waals surface area contributed by atoms with Gasteiger partial charge in [-0.1, -0.05) is 6.07 Å². The number of likely N-dealkylation sites (tertiary alicyclic amines) is 1. The molecule has 3 rings (SSSR count). The molecule has 2 heterocycles. The van der Waals surface area contributed by atoms with E-state index in [1.807, 2.05) is 12.1 Å². The molecule has 108 valence electrons. The van der Waals surface area contributed by atoms with Crippen molar-refractivity contribution < 1.29 is 4.79 Å². The van der Waals surface area contributed by atoms with E-state index in [1.54, 1.807) is 0 Å². The molecule has 20 heavy (non-hydrogen) atoms. The standard InChI is InChI=1S/C15H22N4O/c1-18-7-5-10(6-8-18)19(2)11-3-4-12-13(9-11)17-15(20)14(12)16/h3-4,9-10,14H,5-8,16H2,1-2H3,(H,17,20). The van der Waals surface area contributed by atoms with Crippen LogP contribution >= 0.6 is 0 Å². The first-order valence-corrected chi connectivity index (χ1v) is 7.18. The number of nitrogens with two attached hydrogens (primary N) is 1. The van der Waals surface area contributed by atoms with Gasteiger partial charge in [0, 0.05) is 30.0 Å². The molecule has 0 saturated carbocycles. The summed E-state index contributed by atoms with van der Waals surface area (Å²) in [5.74, 6) is -0.112. The van der Waals surface area contributed by atoms with E-state index in [-0.39, 0.29) is 5.91 Å². The Morgan fingerprint density at radius 1 is 1.35 bits per heavy atom. The molecule has 1 aromatic rings. The number of piperidine rings is 1. The number of rotatable bonds is 2. The zero-order valence-corrected chi connectivity index (χ0v) is 12.1. The van der Waals surface area contributed by atoms with Crippen molar-refractivity contribution in [1.82, 2.24) is 4.90 Å². The minimum absolute atomic E-state index is 0.112. The van der Waals surface area contributed by atoms with Gasteiger partial charge in [-0.2, -0.15) is 0 Å². The Hall–Kier alpha value is -1.59. The lowest BCUT2D eigenvalue weighted by Gasteiger charge is -2.36. The predicted octanol–water partition coefficient (Wildman–Crippen LogP) is 1.17. The molecule has 2 aliphatic heterocycles. The van der Waals surface area contributed by atoms with Gasteiger partial charge in [-0.3, -0.25) is 4.79 Å². The highest BCUT2D eigenvalue weighted by Gasteiger charge is 2.28. The number of nitrogens with zero attached hydrogens (tertiary/aromatic N) is 2. The van der Waals surface area contributed by atoms with Crippen molar-refractivity contribution in [3.63, 3.8) is 0 Å². The molecule has 0 spiro atoms. The summed E-state index contributed by atoms with van der Waals surface area (Å²) in [5, 5.41) is 2.85. The highest BCUT2D eigenvalue weighted by Crippen LogP contribution is 2.33. The second-order valence-corrected chi connectivity index (χ2v) is 5.88. The third-order valence-corrected chi connectivity index (χ3v) is 4.56. The third-order valence-electron chi connectivity index (χ3n) is 4.56. The Morgan fingerprint density at radius 2 is 2.05 bits per heavy atom. The van der Waals surface area contributed by atoms with Crippen LogP contribution in [0.3, 0.4) is 0 Å². The van der Waals surface area contributed by atoms with Crippen molar-refractivity contribution in [3.05, 3.63) is 23.8 Å². The Labute approximate surface area is 119 Å². The van der Waals surface area contributed by atoms with Gasteiger partial charge in [-0.25, -0.2) is 0 Å². The van der Waals surface area contributed by atoms with Gasteiger partial charge in [-0.05, 0) is 45.1 Å². The van der Waals surface area contributed by atoms with Gasteiger partial charge in [-0.15, -0.1) is 0 Å². The van der Waals surface area contributed by atoms with E-state index in [9.17, 15) is 4.79 Å². The lowest BCUT2D eigenvalue weighted by atomic mass is 10.0. The van der Waals surface area contributed by atoms with E-state index in [4.69, 9.17) is 5.73 Å². The predicted molar refractivity (Wildman–Crippen MR) is 80.9 cm³/mol. The highest BCUT2D eigenvalue weighted by atomic mass is 16.2. The number of carbonyl (C=O) groups is 1. The molecular formula is C15H22N4O. The first-order chi connectivity index (χ1) is 9.56. The van der Waals surface area contributed by atoms with Crippen LogP contribution < -0.4 is 16.0 Å². The molecule has 1 unspecified atom stereocenters. The SMILES string of the molecule is CN1CCC(N(C)c2ccc3c(c2)NC(=O)C3N)CC1. The van der Waals surface area contributed by atoms with Crippen molar-refractivity contribution in [2.45, 2.75) is 24.9 Å². The first kappa shape index (κ1) is 13.4. The van der Waals surface area contributed by atoms with Crippen LogP contribution in [0.25, 0.3) is 0 Å². The van der Waals surface area contributed by atoms with Gasteiger partial charge in [0.2, 0.25) is 5.91 Å². The second kappa shape index (κ2) is 5.07. The highest BCUT2D eigenvalue weighted by molar-refractivity contribution is 6.02. The molecule has 1 atom stereocenters. The molecule has 2 aliphatic rings. The number of fused-ring (bicyclic) bond motifs is 1. The van der Waals surface area contributed by atoms with Crippen LogP contribution in [0.4, 0.5) is 11.4 Å². The molecule has 0 bridgehead atoms. The Kier molecular flexibility index (Phi) is 3.40. The van der Waals surface area contributed by atoms with Gasteiger partial charge in [0.25, 0.3) is 0 Å². The number of carbonyl (C=O) groups excluding carboxylic acids is 1. The summed E-state index contributed by atoms with van der Waals surface area (Å²) in [6.07, 6.45) is 2.35. The molecule has 5 heteroatoms. The van der Waals surface area contributed by atoms with E-state index >= 15 is 0 Å². The van der Waals surface area contributed by atoms with Gasteiger partial charge < -0.3 is 20.9 Å². The van der Waals surface area contributed by atoms with Gasteiger partial charge >= 0.3 is 0 Å². The van der Waals surface area contributed by atoms with Gasteiger partial charge in [0.05, 0.1) is 0 Å². The maximum Gasteiger partial charge on any atom is 0.245 e. The fraction of sp³-hybridized carbons (Fsp3) is 0.533. The summed E-state index contributed by atoms with van der Waals surface area (Å²) in [5.41, 5.74) is 8.75. The normalized spacial score (nSPS) is 23.6. The molecular weight excluding hydrogens is 252 g/mol. The average molecular weight is 274 g/mol. The Morgan fingerprint density at radius 3 is 2.75 bits per heavy atom. The van der Waals surface area contributed by atoms with Gasteiger partial charge in [0.15, 0.2) is 0 Å². The quantitative estimate of drug-likeness (QED) is 0.850. The van der Waals surface area contributed by atoms with E-state index in [0.29, 0.717) is 6.04 Å². The molecule has 0 radical (unpaired) electrons. The molecule has 5 nitrogen and oxygen atoms in total. The zero-order chi connectivity index (χ0) is 14.3. The fourth-order valence-electron chi connectivity index (χ4n) is 3.09. The number of nitrogens with one attached hydrogen (secondary N) is 1. The van der Waals surface area contributed by atoms with Gasteiger partial charge in [0.1, 0.15) is 6.04 Å². The summed E-state index contributed by atoms with van der Waals surface area (Å²) in [6, 6.07) is 6.12. The molecule has 1 aromatic carbocycles. The van der Waals surface area contributed by atoms with Crippen LogP contribution in [0.2, 0.25) is 0 Å². The van der Waals surface area contributed by atoms with Crippen molar-refractivity contribution in [2.24, 2.45) is 5.73 Å². The minimum Gasteiger partial charge on any atom is -0.371 e. The van der Waals surface area contributed by atoms with E-state index in [2.05, 4.69) is 35.3 Å². The van der Waals surface area contributed by atoms with Crippen molar-refractivity contribution >= 4 is 17.3 Å². The van der Waals surface area contributed by atoms with Crippen molar-refractivity contribution in [2.75, 3.05) is 37.4 Å². The first-order valence-electron chi connectivity index (χ1n) is 7.18. The number of amides is 1. The van der Waals surface area contributed by atoms with E-state index < -0.39 is 6.04 Å². The molecule has 1 fully saturated rings. The Balaban J connectivity index is 1.78. The fourth-order valence-corrected chi connectivity index (χ4v) is 3.09. The number of anilines is 2. The van der Waals surface area contributed by atoms with Crippen molar-refractivity contribution in [1.29, 1.82) is 0 Å². The largest absolute Gasteiger partial charge is 0.371 e. The number of benzene rings is 1. The maximum atomic E-state index is 11.6. The van der Waals surface area contributed by atoms with Crippen LogP contribution in [-0.2, 0) is 4.79 Å². The molecule has 0 aliphatic carbocycles. The summed E-state index contributed by atoms with van der Waals surface area (Å²) >= 11 is 0. The smallest absolute Gasteiger partial charge is 0.245 e. The minimum atomic E-state index is -0.521. The lowest BCUT2D eigenvalue weighted by Crippen LogP contribution is -2.41. The van der Waals surface area contributed by atoms with Crippen LogP contribution in [0.15, 0.2) is 18.2 Å². The number of hydrogen-bond acceptors (Lipinski definition) is 4. The topological polar surface area (TPSA) is 61.6 Å². The Bertz CT molecular complexity index is 523. The van der Waals surface area contributed by atoms with Crippen LogP contribution in [0.5, 0.6) is 0 Å². The maximum absolute atomic E-state index is 11.6. The third kappa shape index (κ3) is 2.27. The molecule has 3 N–H and O–H groups in total. The second-order valence-electron chi connectivity index (χ2n) is 5.88. The monoisotopic (exact) mass is 274 g/mol. The summed E-state index contributed by atoms with van der Waals surface area (Å²) in [4.78, 5) is 16.3.